The molecule has 1 heterocycles. The first-order chi connectivity index (χ1) is 13.7. The van der Waals surface area contributed by atoms with Gasteiger partial charge in [-0.05, 0) is 31.0 Å². The first-order valence-corrected chi connectivity index (χ1v) is 8.91. The lowest BCUT2D eigenvalue weighted by Crippen LogP contribution is -2.48. The number of aliphatic imine (C=N–C) groups is 1. The molecule has 0 amide bonds. The maximum absolute atomic E-state index is 10.7. The zero-order valence-electron chi connectivity index (χ0n) is 16.4. The van der Waals surface area contributed by atoms with E-state index in [1.807, 2.05) is 10.7 Å². The van der Waals surface area contributed by atoms with Gasteiger partial charge in [0.2, 0.25) is 6.08 Å². The van der Waals surface area contributed by atoms with E-state index in [0.717, 1.165) is 11.3 Å². The topological polar surface area (TPSA) is 97.1 Å². The Morgan fingerprint density at radius 2 is 1.82 bits per heavy atom. The van der Waals surface area contributed by atoms with Gasteiger partial charge in [0.1, 0.15) is 17.5 Å². The van der Waals surface area contributed by atoms with Gasteiger partial charge in [0.15, 0.2) is 0 Å². The van der Waals surface area contributed by atoms with E-state index in [9.17, 15) is 4.79 Å². The van der Waals surface area contributed by atoms with Crippen molar-refractivity contribution in [3.63, 3.8) is 0 Å². The molecule has 0 radical (unpaired) electrons. The molecule has 9 nitrogen and oxygen atoms in total. The van der Waals surface area contributed by atoms with E-state index in [-0.39, 0.29) is 24.4 Å². The number of isocyanates is 1. The summed E-state index contributed by atoms with van der Waals surface area (Å²) >= 11 is 0. The van der Waals surface area contributed by atoms with Gasteiger partial charge in [0, 0.05) is 26.9 Å². The van der Waals surface area contributed by atoms with Crippen molar-refractivity contribution < 1.29 is 23.7 Å². The van der Waals surface area contributed by atoms with Crippen molar-refractivity contribution in [2.45, 2.75) is 37.2 Å². The molecule has 1 aliphatic rings. The van der Waals surface area contributed by atoms with E-state index in [1.165, 1.54) is 7.11 Å². The van der Waals surface area contributed by atoms with Crippen molar-refractivity contribution in [1.82, 2.24) is 15.0 Å². The Balaban J connectivity index is 1.96. The highest BCUT2D eigenvalue weighted by Crippen LogP contribution is 2.37. The molecule has 2 aromatic rings. The molecule has 0 N–H and O–H groups in total. The Morgan fingerprint density at radius 3 is 2.39 bits per heavy atom. The summed E-state index contributed by atoms with van der Waals surface area (Å²) in [6, 6.07) is 5.39. The van der Waals surface area contributed by atoms with Crippen molar-refractivity contribution in [2.24, 2.45) is 4.99 Å². The van der Waals surface area contributed by atoms with E-state index in [0.29, 0.717) is 24.3 Å². The number of ether oxygens (including phenoxy) is 4. The quantitative estimate of drug-likeness (QED) is 0.530. The van der Waals surface area contributed by atoms with Gasteiger partial charge in [-0.2, -0.15) is 4.99 Å². The van der Waals surface area contributed by atoms with Gasteiger partial charge in [-0.3, -0.25) is 0 Å². The largest absolute Gasteiger partial charge is 0.494 e. The van der Waals surface area contributed by atoms with Crippen LogP contribution in [0.3, 0.4) is 0 Å². The SMILES string of the molecule is COc1ccc(-c2cnnn2C2CC(OC)C(OC)C(OC)C2)cc1N=C=O. The highest BCUT2D eigenvalue weighted by Gasteiger charge is 2.40. The van der Waals surface area contributed by atoms with Crippen molar-refractivity contribution in [1.29, 1.82) is 0 Å². The summed E-state index contributed by atoms with van der Waals surface area (Å²) < 4.78 is 24.0. The fourth-order valence-corrected chi connectivity index (χ4v) is 3.81. The maximum Gasteiger partial charge on any atom is 0.240 e. The predicted molar refractivity (Wildman–Crippen MR) is 100 cm³/mol. The van der Waals surface area contributed by atoms with Crippen LogP contribution in [0, 0.1) is 0 Å². The van der Waals surface area contributed by atoms with Crippen LogP contribution in [-0.2, 0) is 19.0 Å². The molecule has 2 atom stereocenters. The Kier molecular flexibility index (Phi) is 6.53. The smallest absolute Gasteiger partial charge is 0.240 e. The molecule has 3 rings (SSSR count). The van der Waals surface area contributed by atoms with Gasteiger partial charge in [-0.25, -0.2) is 9.48 Å². The zero-order valence-corrected chi connectivity index (χ0v) is 16.4. The minimum Gasteiger partial charge on any atom is -0.494 e. The van der Waals surface area contributed by atoms with Gasteiger partial charge in [0.05, 0.1) is 37.3 Å². The molecule has 28 heavy (non-hydrogen) atoms. The molecule has 1 aliphatic carbocycles. The third-order valence-electron chi connectivity index (χ3n) is 5.18. The second-order valence-electron chi connectivity index (χ2n) is 6.53. The van der Waals surface area contributed by atoms with Crippen LogP contribution in [0.2, 0.25) is 0 Å². The van der Waals surface area contributed by atoms with Gasteiger partial charge in [0.25, 0.3) is 0 Å². The summed E-state index contributed by atoms with van der Waals surface area (Å²) in [5, 5.41) is 8.39. The fourth-order valence-electron chi connectivity index (χ4n) is 3.81. The molecule has 0 spiro atoms. The summed E-state index contributed by atoms with van der Waals surface area (Å²) in [5.41, 5.74) is 2.02. The Hall–Kier alpha value is -2.58. The van der Waals surface area contributed by atoms with E-state index < -0.39 is 0 Å². The second kappa shape index (κ2) is 9.07. The predicted octanol–water partition coefficient (Wildman–Crippen LogP) is 2.30. The Bertz CT molecular complexity index is 835. The van der Waals surface area contributed by atoms with Crippen LogP contribution in [0.4, 0.5) is 5.69 Å². The summed E-state index contributed by atoms with van der Waals surface area (Å²) in [7, 11) is 6.52. The molecular formula is C19H24N4O5. The number of nitrogens with zero attached hydrogens (tertiary/aromatic N) is 4. The summed E-state index contributed by atoms with van der Waals surface area (Å²) in [5.74, 6) is 0.491. The average molecular weight is 388 g/mol. The normalized spacial score (nSPS) is 24.6. The Labute approximate surface area is 163 Å². The van der Waals surface area contributed by atoms with Gasteiger partial charge in [-0.1, -0.05) is 5.21 Å². The number of rotatable bonds is 7. The third-order valence-corrected chi connectivity index (χ3v) is 5.18. The van der Waals surface area contributed by atoms with E-state index in [4.69, 9.17) is 18.9 Å². The highest BCUT2D eigenvalue weighted by atomic mass is 16.6. The molecule has 150 valence electrons. The first kappa shape index (κ1) is 20.2. The molecule has 2 unspecified atom stereocenters. The summed E-state index contributed by atoms with van der Waals surface area (Å²) in [6.07, 6.45) is 4.26. The number of benzene rings is 1. The number of aromatic nitrogens is 3. The first-order valence-electron chi connectivity index (χ1n) is 8.91. The molecule has 0 saturated heterocycles. The molecule has 0 bridgehead atoms. The van der Waals surface area contributed by atoms with Crippen LogP contribution in [0.1, 0.15) is 18.9 Å². The number of hydrogen-bond acceptors (Lipinski definition) is 8. The minimum atomic E-state index is -0.146. The highest BCUT2D eigenvalue weighted by molar-refractivity contribution is 5.69. The van der Waals surface area contributed by atoms with Crippen molar-refractivity contribution in [3.05, 3.63) is 24.4 Å². The lowest BCUT2D eigenvalue weighted by molar-refractivity contribution is -0.139. The second-order valence-corrected chi connectivity index (χ2v) is 6.53. The minimum absolute atomic E-state index is 0.0129. The zero-order chi connectivity index (χ0) is 20.1. The lowest BCUT2D eigenvalue weighted by Gasteiger charge is -2.39. The third kappa shape index (κ3) is 3.83. The van der Waals surface area contributed by atoms with Crippen LogP contribution >= 0.6 is 0 Å². The van der Waals surface area contributed by atoms with Crippen LogP contribution < -0.4 is 4.74 Å². The van der Waals surface area contributed by atoms with Crippen molar-refractivity contribution >= 4 is 11.8 Å². The van der Waals surface area contributed by atoms with Crippen LogP contribution in [0.5, 0.6) is 5.75 Å². The monoisotopic (exact) mass is 388 g/mol. The average Bonchev–Trinajstić information content (AvgIpc) is 3.22. The van der Waals surface area contributed by atoms with Crippen LogP contribution in [0.25, 0.3) is 11.3 Å². The molecular weight excluding hydrogens is 364 g/mol. The van der Waals surface area contributed by atoms with Crippen LogP contribution in [-0.4, -0.2) is 67.8 Å². The van der Waals surface area contributed by atoms with E-state index in [2.05, 4.69) is 15.3 Å². The summed E-state index contributed by atoms with van der Waals surface area (Å²) in [6.45, 7) is 0. The molecule has 1 aromatic heterocycles. The van der Waals surface area contributed by atoms with Crippen molar-refractivity contribution in [3.8, 4) is 17.0 Å². The fraction of sp³-hybridized carbons (Fsp3) is 0.526. The lowest BCUT2D eigenvalue weighted by atomic mass is 9.87. The summed E-state index contributed by atoms with van der Waals surface area (Å²) in [4.78, 5) is 14.5. The standard InChI is InChI=1S/C19H24N4O5/c1-25-16-6-5-12(7-14(16)20-11-24)15-10-21-22-23(15)13-8-17(26-2)19(28-4)18(9-13)27-3/h5-7,10,13,17-19H,8-9H2,1-4H3. The van der Waals surface area contributed by atoms with E-state index in [1.54, 1.807) is 45.7 Å². The molecule has 1 aromatic carbocycles. The number of carbonyl (C=O) groups excluding carboxylic acids is 1. The number of hydrogen-bond donors (Lipinski definition) is 0. The number of methoxy groups -OCH3 is 4. The molecule has 1 saturated carbocycles. The molecule has 1 fully saturated rings. The van der Waals surface area contributed by atoms with Crippen molar-refractivity contribution in [2.75, 3.05) is 28.4 Å². The molecule has 9 heteroatoms. The van der Waals surface area contributed by atoms with Gasteiger partial charge in [-0.15, -0.1) is 5.10 Å². The van der Waals surface area contributed by atoms with Crippen LogP contribution in [0.15, 0.2) is 29.4 Å². The Morgan fingerprint density at radius 1 is 1.11 bits per heavy atom. The van der Waals surface area contributed by atoms with Gasteiger partial charge < -0.3 is 18.9 Å². The van der Waals surface area contributed by atoms with E-state index >= 15 is 0 Å². The maximum atomic E-state index is 10.7. The van der Waals surface area contributed by atoms with Gasteiger partial charge >= 0.3 is 0 Å². The molecule has 0 aliphatic heterocycles.